The normalized spacial score (nSPS) is 19.4. The van der Waals surface area contributed by atoms with Crippen LogP contribution in [-0.4, -0.2) is 62.3 Å². The molecule has 0 radical (unpaired) electrons. The molecule has 188 valence electrons. The molecule has 1 aromatic rings. The molecule has 1 aliphatic heterocycles. The molecular formula is C23H45NO5Si4. The molecule has 1 aliphatic rings. The standard InChI is InChI=1S/C15H25NO2Si2.C8H20O3Si2/c1-19(2,3)16-13(12-10-8-7-9-11-12)14(15(16)17)18-20(4,5)6;1-12(2,3)10-7-8(9)11-13(4,5)6/h7-11,13-14H,1-6H3;7H2,1-6H3/t13-,14+;/m0./s1. The van der Waals surface area contributed by atoms with Crippen molar-refractivity contribution in [3.63, 3.8) is 0 Å². The fourth-order valence-electron chi connectivity index (χ4n) is 3.33. The van der Waals surface area contributed by atoms with Gasteiger partial charge in [-0.05, 0) is 64.5 Å². The first-order chi connectivity index (χ1) is 14.7. The zero-order valence-corrected chi connectivity index (χ0v) is 26.7. The van der Waals surface area contributed by atoms with E-state index in [0.29, 0.717) is 0 Å². The first-order valence-corrected chi connectivity index (χ1v) is 25.3. The van der Waals surface area contributed by atoms with Gasteiger partial charge in [0, 0.05) is 0 Å². The molecule has 0 spiro atoms. The Hall–Kier alpha value is -1.05. The molecule has 0 unspecified atom stereocenters. The van der Waals surface area contributed by atoms with Crippen LogP contribution in [0.3, 0.4) is 0 Å². The monoisotopic (exact) mass is 527 g/mol. The van der Waals surface area contributed by atoms with Crippen LogP contribution in [0, 0.1) is 0 Å². The smallest absolute Gasteiger partial charge is 0.317 e. The van der Waals surface area contributed by atoms with Crippen molar-refractivity contribution in [2.24, 2.45) is 0 Å². The van der Waals surface area contributed by atoms with Crippen molar-refractivity contribution in [2.75, 3.05) is 6.61 Å². The molecule has 1 fully saturated rings. The fourth-order valence-corrected chi connectivity index (χ4v) is 7.52. The summed E-state index contributed by atoms with van der Waals surface area (Å²) < 4.78 is 18.9. The van der Waals surface area contributed by atoms with Crippen molar-refractivity contribution < 1.29 is 22.9 Å². The number of benzene rings is 1. The third-order valence-electron chi connectivity index (χ3n) is 4.43. The van der Waals surface area contributed by atoms with Crippen molar-refractivity contribution in [2.45, 2.75) is 90.7 Å². The maximum absolute atomic E-state index is 12.5. The lowest BCUT2D eigenvalue weighted by atomic mass is 9.94. The number of carbonyl (C=O) groups excluding carboxylic acids is 2. The molecule has 1 aromatic carbocycles. The minimum absolute atomic E-state index is 0.0992. The molecule has 1 heterocycles. The largest absolute Gasteiger partial charge is 0.518 e. The third-order valence-corrected chi connectivity index (χ3v) is 9.19. The van der Waals surface area contributed by atoms with Gasteiger partial charge in [-0.15, -0.1) is 0 Å². The molecule has 1 amide bonds. The van der Waals surface area contributed by atoms with E-state index in [1.165, 1.54) is 5.56 Å². The second-order valence-electron chi connectivity index (χ2n) is 12.4. The first kappa shape index (κ1) is 30.0. The Morgan fingerprint density at radius 1 is 0.818 bits per heavy atom. The summed E-state index contributed by atoms with van der Waals surface area (Å²) in [7, 11) is -6.72. The molecule has 0 bridgehead atoms. The van der Waals surface area contributed by atoms with E-state index in [2.05, 4.69) is 75.6 Å². The number of hydrogen-bond acceptors (Lipinski definition) is 5. The average molecular weight is 528 g/mol. The summed E-state index contributed by atoms with van der Waals surface area (Å²) in [6.07, 6.45) is -0.282. The molecule has 2 rings (SSSR count). The Kier molecular flexibility index (Phi) is 10.1. The predicted octanol–water partition coefficient (Wildman–Crippen LogP) is 5.84. The SMILES string of the molecule is C[Si](C)(C)OCC(=O)O[Si](C)(C)C.C[Si](C)(C)O[C@H]1C(=O)N([Si](C)(C)C)[C@H]1c1ccccc1. The second-order valence-corrected chi connectivity index (χ2v) is 30.6. The predicted molar refractivity (Wildman–Crippen MR) is 146 cm³/mol. The lowest BCUT2D eigenvalue weighted by Gasteiger charge is -2.54. The van der Waals surface area contributed by atoms with E-state index < -0.39 is 33.2 Å². The first-order valence-electron chi connectivity index (χ1n) is 11.6. The molecule has 33 heavy (non-hydrogen) atoms. The Balaban J connectivity index is 0.000000366. The molecule has 0 aliphatic carbocycles. The molecule has 0 saturated carbocycles. The lowest BCUT2D eigenvalue weighted by molar-refractivity contribution is -0.155. The molecule has 1 saturated heterocycles. The highest BCUT2D eigenvalue weighted by atomic mass is 28.4. The molecule has 2 atom stereocenters. The van der Waals surface area contributed by atoms with Crippen LogP contribution in [0.1, 0.15) is 11.6 Å². The van der Waals surface area contributed by atoms with Gasteiger partial charge in [0.1, 0.15) is 12.7 Å². The van der Waals surface area contributed by atoms with Gasteiger partial charge in [-0.2, -0.15) is 0 Å². The molecule has 0 aromatic heterocycles. The van der Waals surface area contributed by atoms with Crippen LogP contribution in [0.5, 0.6) is 0 Å². The van der Waals surface area contributed by atoms with Crippen LogP contribution < -0.4 is 0 Å². The number of carbonyl (C=O) groups is 2. The van der Waals surface area contributed by atoms with Gasteiger partial charge >= 0.3 is 5.97 Å². The van der Waals surface area contributed by atoms with Gasteiger partial charge in [-0.1, -0.05) is 50.0 Å². The fraction of sp³-hybridized carbons (Fsp3) is 0.652. The van der Waals surface area contributed by atoms with Crippen LogP contribution in [0.15, 0.2) is 30.3 Å². The minimum Gasteiger partial charge on any atom is -0.518 e. The van der Waals surface area contributed by atoms with Crippen molar-refractivity contribution >= 4 is 45.1 Å². The van der Waals surface area contributed by atoms with E-state index in [1.54, 1.807) is 0 Å². The van der Waals surface area contributed by atoms with Crippen LogP contribution in [0.4, 0.5) is 0 Å². The summed E-state index contributed by atoms with van der Waals surface area (Å²) in [6, 6.07) is 10.4. The Bertz CT molecular complexity index is 792. The Labute approximate surface area is 205 Å². The number of nitrogens with zero attached hydrogens (tertiary/aromatic N) is 1. The number of β-lactam (4-membered cyclic amide) rings is 1. The summed E-state index contributed by atoms with van der Waals surface area (Å²) in [6.45, 7) is 25.3. The van der Waals surface area contributed by atoms with Gasteiger partial charge in [-0.3, -0.25) is 9.59 Å². The van der Waals surface area contributed by atoms with E-state index in [4.69, 9.17) is 13.3 Å². The van der Waals surface area contributed by atoms with E-state index in [0.717, 1.165) is 0 Å². The lowest BCUT2D eigenvalue weighted by Crippen LogP contribution is -2.69. The maximum Gasteiger partial charge on any atom is 0.317 e. The minimum atomic E-state index is -1.73. The van der Waals surface area contributed by atoms with Crippen LogP contribution in [0.25, 0.3) is 0 Å². The van der Waals surface area contributed by atoms with Gasteiger partial charge in [0.2, 0.25) is 14.2 Å². The quantitative estimate of drug-likeness (QED) is 0.314. The summed E-state index contributed by atoms with van der Waals surface area (Å²) in [4.78, 5) is 23.7. The molecule has 10 heteroatoms. The highest BCUT2D eigenvalue weighted by Crippen LogP contribution is 2.41. The molecular weight excluding hydrogens is 483 g/mol. The zero-order valence-electron chi connectivity index (χ0n) is 22.7. The van der Waals surface area contributed by atoms with Crippen LogP contribution in [0.2, 0.25) is 78.6 Å². The van der Waals surface area contributed by atoms with Crippen molar-refractivity contribution in [3.05, 3.63) is 35.9 Å². The van der Waals surface area contributed by atoms with E-state index >= 15 is 0 Å². The number of rotatable bonds is 8. The summed E-state index contributed by atoms with van der Waals surface area (Å²) in [5, 5.41) is 0. The van der Waals surface area contributed by atoms with Gasteiger partial charge in [0.25, 0.3) is 0 Å². The maximum atomic E-state index is 12.5. The Morgan fingerprint density at radius 2 is 1.33 bits per heavy atom. The topological polar surface area (TPSA) is 65.1 Å². The van der Waals surface area contributed by atoms with Gasteiger partial charge in [0.05, 0.1) is 6.04 Å². The highest BCUT2D eigenvalue weighted by Gasteiger charge is 2.54. The van der Waals surface area contributed by atoms with Crippen molar-refractivity contribution in [3.8, 4) is 0 Å². The van der Waals surface area contributed by atoms with Crippen molar-refractivity contribution in [1.82, 2.24) is 4.57 Å². The summed E-state index contributed by atoms with van der Waals surface area (Å²) >= 11 is 0. The zero-order chi connectivity index (χ0) is 25.8. The summed E-state index contributed by atoms with van der Waals surface area (Å²) in [5.41, 5.74) is 1.19. The third kappa shape index (κ3) is 10.8. The second kappa shape index (κ2) is 11.1. The van der Waals surface area contributed by atoms with E-state index in [-0.39, 0.29) is 30.6 Å². The van der Waals surface area contributed by atoms with Gasteiger partial charge in [-0.25, -0.2) is 0 Å². The van der Waals surface area contributed by atoms with E-state index in [9.17, 15) is 9.59 Å². The Morgan fingerprint density at radius 3 is 1.73 bits per heavy atom. The number of hydrogen-bond donors (Lipinski definition) is 0. The van der Waals surface area contributed by atoms with E-state index in [1.807, 2.05) is 37.8 Å². The average Bonchev–Trinajstić information content (AvgIpc) is 2.60. The van der Waals surface area contributed by atoms with Gasteiger partial charge < -0.3 is 17.8 Å². The number of amides is 1. The van der Waals surface area contributed by atoms with Crippen LogP contribution in [-0.2, 0) is 22.9 Å². The van der Waals surface area contributed by atoms with Crippen molar-refractivity contribution in [1.29, 1.82) is 0 Å². The molecule has 6 nitrogen and oxygen atoms in total. The van der Waals surface area contributed by atoms with Crippen LogP contribution >= 0.6 is 0 Å². The highest BCUT2D eigenvalue weighted by molar-refractivity contribution is 6.76. The van der Waals surface area contributed by atoms with Gasteiger partial charge in [0.15, 0.2) is 24.9 Å². The summed E-state index contributed by atoms with van der Waals surface area (Å²) in [5.74, 6) is -0.0398. The molecule has 0 N–H and O–H groups in total.